The molecular formula is C20H29ClN6O3S. The number of morpholine rings is 1. The molecule has 0 atom stereocenters. The lowest BCUT2D eigenvalue weighted by Crippen LogP contribution is -2.52. The van der Waals surface area contributed by atoms with Crippen LogP contribution < -0.4 is 4.90 Å². The third-order valence-corrected chi connectivity index (χ3v) is 6.94. The van der Waals surface area contributed by atoms with E-state index < -0.39 is 0 Å². The second kappa shape index (κ2) is 10.3. The molecule has 4 heterocycles. The summed E-state index contributed by atoms with van der Waals surface area (Å²) >= 11 is 7.94. The summed E-state index contributed by atoms with van der Waals surface area (Å²) < 4.78 is 11.6. The van der Waals surface area contributed by atoms with Crippen molar-refractivity contribution in [2.24, 2.45) is 0 Å². The number of carbonyl (C=O) groups excluding carboxylic acids is 1. The van der Waals surface area contributed by atoms with E-state index >= 15 is 0 Å². The highest BCUT2D eigenvalue weighted by molar-refractivity contribution is 7.19. The van der Waals surface area contributed by atoms with Gasteiger partial charge in [0.2, 0.25) is 5.28 Å². The predicted octanol–water partition coefficient (Wildman–Crippen LogP) is 2.00. The molecule has 2 amide bonds. The van der Waals surface area contributed by atoms with E-state index in [9.17, 15) is 4.79 Å². The second-order valence-corrected chi connectivity index (χ2v) is 9.28. The summed E-state index contributed by atoms with van der Waals surface area (Å²) in [5, 5.41) is 0.281. The second-order valence-electron chi connectivity index (χ2n) is 7.80. The quantitative estimate of drug-likeness (QED) is 0.600. The van der Waals surface area contributed by atoms with E-state index in [4.69, 9.17) is 21.1 Å². The van der Waals surface area contributed by atoms with Crippen molar-refractivity contribution >= 4 is 45.0 Å². The highest BCUT2D eigenvalue weighted by atomic mass is 35.5. The number of methoxy groups -OCH3 is 1. The molecular weight excluding hydrogens is 440 g/mol. The van der Waals surface area contributed by atoms with Crippen LogP contribution in [-0.4, -0.2) is 110 Å². The number of carbonyl (C=O) groups is 1. The minimum absolute atomic E-state index is 0.0682. The zero-order chi connectivity index (χ0) is 21.8. The molecule has 0 unspecified atom stereocenters. The van der Waals surface area contributed by atoms with Gasteiger partial charge in [-0.15, -0.1) is 11.3 Å². The van der Waals surface area contributed by atoms with Crippen molar-refractivity contribution in [2.45, 2.75) is 6.54 Å². The van der Waals surface area contributed by atoms with Crippen LogP contribution in [0.3, 0.4) is 0 Å². The van der Waals surface area contributed by atoms with Gasteiger partial charge in [0.05, 0.1) is 30.0 Å². The maximum absolute atomic E-state index is 12.5. The number of ether oxygens (including phenoxy) is 2. The van der Waals surface area contributed by atoms with Crippen molar-refractivity contribution in [2.75, 3.05) is 84.7 Å². The molecule has 0 aliphatic carbocycles. The van der Waals surface area contributed by atoms with E-state index in [0.29, 0.717) is 26.4 Å². The first-order valence-electron chi connectivity index (χ1n) is 10.5. The number of likely N-dealkylation sites (N-methyl/N-ethyl adjacent to an activating group) is 1. The molecule has 2 aromatic rings. The average molecular weight is 469 g/mol. The lowest BCUT2D eigenvalue weighted by atomic mass is 10.3. The van der Waals surface area contributed by atoms with Crippen molar-refractivity contribution in [3.63, 3.8) is 0 Å². The smallest absolute Gasteiger partial charge is 0.319 e. The largest absolute Gasteiger partial charge is 0.383 e. The number of hydrogen-bond acceptors (Lipinski definition) is 8. The van der Waals surface area contributed by atoms with Crippen molar-refractivity contribution in [3.8, 4) is 0 Å². The number of amides is 2. The molecule has 0 saturated carbocycles. The molecule has 0 aromatic carbocycles. The highest BCUT2D eigenvalue weighted by Crippen LogP contribution is 2.34. The molecule has 2 aliphatic heterocycles. The van der Waals surface area contributed by atoms with Crippen molar-refractivity contribution in [1.29, 1.82) is 0 Å². The number of anilines is 1. The van der Waals surface area contributed by atoms with Gasteiger partial charge < -0.3 is 24.2 Å². The van der Waals surface area contributed by atoms with Gasteiger partial charge in [-0.25, -0.2) is 9.78 Å². The zero-order valence-corrected chi connectivity index (χ0v) is 19.6. The number of fused-ring (bicyclic) bond motifs is 1. The predicted molar refractivity (Wildman–Crippen MR) is 122 cm³/mol. The van der Waals surface area contributed by atoms with Crippen LogP contribution in [0.4, 0.5) is 10.6 Å². The summed E-state index contributed by atoms with van der Waals surface area (Å²) in [5.41, 5.74) is 0.898. The van der Waals surface area contributed by atoms with E-state index in [1.165, 1.54) is 4.88 Å². The molecule has 0 radical (unpaired) electrons. The fraction of sp³-hybridized carbons (Fsp3) is 0.650. The molecule has 0 N–H and O–H groups in total. The third kappa shape index (κ3) is 5.38. The Balaban J connectivity index is 1.39. The number of aromatic nitrogens is 2. The molecule has 2 fully saturated rings. The third-order valence-electron chi connectivity index (χ3n) is 5.67. The topological polar surface area (TPSA) is 74.3 Å². The van der Waals surface area contributed by atoms with E-state index in [2.05, 4.69) is 25.8 Å². The standard InChI is InChI=1S/C20H29ClN6O3S/c1-24(7-10-29-2)20(28)27-5-3-25(4-6-27)14-15-13-16-17(31-15)18(23-19(21)22-16)26-8-11-30-12-9-26/h13H,3-12,14H2,1-2H3. The fourth-order valence-corrected chi connectivity index (χ4v) is 5.21. The van der Waals surface area contributed by atoms with Crippen LogP contribution in [0.5, 0.6) is 0 Å². The van der Waals surface area contributed by atoms with Crippen LogP contribution in [0.2, 0.25) is 5.28 Å². The Labute approximate surface area is 191 Å². The van der Waals surface area contributed by atoms with E-state index in [0.717, 1.165) is 61.8 Å². The van der Waals surface area contributed by atoms with Crippen LogP contribution in [0, 0.1) is 0 Å². The van der Waals surface area contributed by atoms with Crippen LogP contribution in [-0.2, 0) is 16.0 Å². The molecule has 0 bridgehead atoms. The summed E-state index contributed by atoms with van der Waals surface area (Å²) in [7, 11) is 3.47. The summed E-state index contributed by atoms with van der Waals surface area (Å²) in [4.78, 5) is 31.0. The zero-order valence-electron chi connectivity index (χ0n) is 18.0. The maximum atomic E-state index is 12.5. The summed E-state index contributed by atoms with van der Waals surface area (Å²) in [6, 6.07) is 2.19. The van der Waals surface area contributed by atoms with Gasteiger partial charge >= 0.3 is 6.03 Å². The Hall–Kier alpha value is -1.72. The van der Waals surface area contributed by atoms with Gasteiger partial charge in [0, 0.05) is 71.4 Å². The van der Waals surface area contributed by atoms with E-state index in [-0.39, 0.29) is 11.3 Å². The Morgan fingerprint density at radius 2 is 1.97 bits per heavy atom. The lowest BCUT2D eigenvalue weighted by molar-refractivity contribution is 0.105. The SMILES string of the molecule is COCCN(C)C(=O)N1CCN(Cc2cc3nc(Cl)nc(N4CCOCC4)c3s2)CC1. The molecule has 11 heteroatoms. The van der Waals surface area contributed by atoms with Gasteiger partial charge in [-0.1, -0.05) is 0 Å². The minimum Gasteiger partial charge on any atom is -0.383 e. The molecule has 170 valence electrons. The fourth-order valence-electron chi connectivity index (χ4n) is 3.89. The van der Waals surface area contributed by atoms with Gasteiger partial charge in [-0.3, -0.25) is 4.90 Å². The van der Waals surface area contributed by atoms with Gasteiger partial charge in [0.1, 0.15) is 0 Å². The summed E-state index contributed by atoms with van der Waals surface area (Å²) in [6.07, 6.45) is 0. The van der Waals surface area contributed by atoms with Gasteiger partial charge in [0.25, 0.3) is 0 Å². The number of hydrogen-bond donors (Lipinski definition) is 0. The number of urea groups is 1. The summed E-state index contributed by atoms with van der Waals surface area (Å²) in [6.45, 7) is 8.16. The van der Waals surface area contributed by atoms with Crippen LogP contribution in [0.15, 0.2) is 6.07 Å². The van der Waals surface area contributed by atoms with Gasteiger partial charge in [-0.2, -0.15) is 4.98 Å². The van der Waals surface area contributed by atoms with E-state index in [1.54, 1.807) is 23.3 Å². The molecule has 0 spiro atoms. The average Bonchev–Trinajstić information content (AvgIpc) is 3.19. The first-order valence-corrected chi connectivity index (χ1v) is 11.7. The monoisotopic (exact) mass is 468 g/mol. The van der Waals surface area contributed by atoms with Crippen molar-refractivity contribution in [3.05, 3.63) is 16.2 Å². The Kier molecular flexibility index (Phi) is 7.44. The number of nitrogens with zero attached hydrogens (tertiary/aromatic N) is 6. The number of halogens is 1. The molecule has 4 rings (SSSR count). The normalized spacial score (nSPS) is 18.0. The molecule has 31 heavy (non-hydrogen) atoms. The van der Waals surface area contributed by atoms with Crippen molar-refractivity contribution in [1.82, 2.24) is 24.7 Å². The molecule has 2 saturated heterocycles. The number of rotatable bonds is 6. The van der Waals surface area contributed by atoms with Crippen LogP contribution in [0.25, 0.3) is 10.2 Å². The van der Waals surface area contributed by atoms with Gasteiger partial charge in [-0.05, 0) is 17.7 Å². The highest BCUT2D eigenvalue weighted by Gasteiger charge is 2.25. The summed E-state index contributed by atoms with van der Waals surface area (Å²) in [5.74, 6) is 0.907. The Bertz CT molecular complexity index is 898. The van der Waals surface area contributed by atoms with Crippen LogP contribution >= 0.6 is 22.9 Å². The first kappa shape index (κ1) is 22.5. The molecule has 2 aromatic heterocycles. The first-order chi connectivity index (χ1) is 15.0. The Morgan fingerprint density at radius 3 is 2.68 bits per heavy atom. The number of piperazine rings is 1. The maximum Gasteiger partial charge on any atom is 0.319 e. The van der Waals surface area contributed by atoms with Crippen molar-refractivity contribution < 1.29 is 14.3 Å². The lowest BCUT2D eigenvalue weighted by Gasteiger charge is -2.36. The number of thiophene rings is 1. The van der Waals surface area contributed by atoms with E-state index in [1.807, 2.05) is 11.9 Å². The Morgan fingerprint density at radius 1 is 1.23 bits per heavy atom. The minimum atomic E-state index is 0.0682. The van der Waals surface area contributed by atoms with Crippen LogP contribution in [0.1, 0.15) is 4.88 Å². The van der Waals surface area contributed by atoms with Gasteiger partial charge in [0.15, 0.2) is 5.82 Å². The molecule has 2 aliphatic rings. The molecule has 9 nitrogen and oxygen atoms in total.